The Labute approximate surface area is 182 Å². The Morgan fingerprint density at radius 2 is 1.71 bits per heavy atom. The molecule has 31 heavy (non-hydrogen) atoms. The number of hydrogen-bond acceptors (Lipinski definition) is 7. The highest BCUT2D eigenvalue weighted by molar-refractivity contribution is 6.32. The summed E-state index contributed by atoms with van der Waals surface area (Å²) in [7, 11) is 1.44. The summed E-state index contributed by atoms with van der Waals surface area (Å²) in [6.07, 6.45) is 2.84. The molecule has 0 N–H and O–H groups in total. The molecule has 1 aliphatic heterocycles. The zero-order valence-electron chi connectivity index (χ0n) is 16.6. The summed E-state index contributed by atoms with van der Waals surface area (Å²) >= 11 is 5.79. The van der Waals surface area contributed by atoms with Crippen LogP contribution in [0.2, 0.25) is 5.02 Å². The summed E-state index contributed by atoms with van der Waals surface area (Å²) < 4.78 is 5.06. The SMILES string of the molecule is COc1ccc(N2CCN(C(=O)/C=C/c3ccc(Cl)c([N+](=O)[O-])c3)CC2)c([N+](=O)[O-])c1. The van der Waals surface area contributed by atoms with E-state index in [-0.39, 0.29) is 22.3 Å². The monoisotopic (exact) mass is 446 g/mol. The van der Waals surface area contributed by atoms with Gasteiger partial charge in [-0.25, -0.2) is 0 Å². The highest BCUT2D eigenvalue weighted by Gasteiger charge is 2.25. The minimum absolute atomic E-state index is 0.0252. The van der Waals surface area contributed by atoms with Crippen molar-refractivity contribution in [2.24, 2.45) is 0 Å². The van der Waals surface area contributed by atoms with E-state index in [1.165, 1.54) is 37.5 Å². The second-order valence-electron chi connectivity index (χ2n) is 6.73. The van der Waals surface area contributed by atoms with Crippen molar-refractivity contribution < 1.29 is 19.4 Å². The fraction of sp³-hybridized carbons (Fsp3) is 0.250. The minimum Gasteiger partial charge on any atom is -0.496 e. The predicted molar refractivity (Wildman–Crippen MR) is 116 cm³/mol. The number of nitro benzene ring substituents is 2. The molecule has 0 atom stereocenters. The molecule has 2 aromatic carbocycles. The summed E-state index contributed by atoms with van der Waals surface area (Å²) in [4.78, 5) is 37.3. The number of nitrogens with zero attached hydrogens (tertiary/aromatic N) is 4. The van der Waals surface area contributed by atoms with Crippen molar-refractivity contribution in [2.45, 2.75) is 0 Å². The Hall–Kier alpha value is -3.66. The fourth-order valence-electron chi connectivity index (χ4n) is 3.26. The summed E-state index contributed by atoms with van der Waals surface area (Å²) in [5.41, 5.74) is 0.674. The van der Waals surface area contributed by atoms with Crippen LogP contribution < -0.4 is 9.64 Å². The van der Waals surface area contributed by atoms with Crippen LogP contribution in [0.4, 0.5) is 17.1 Å². The van der Waals surface area contributed by atoms with E-state index in [0.29, 0.717) is 43.2 Å². The van der Waals surface area contributed by atoms with Gasteiger partial charge in [0, 0.05) is 38.3 Å². The molecule has 0 aliphatic carbocycles. The van der Waals surface area contributed by atoms with Crippen LogP contribution in [0.5, 0.6) is 5.75 Å². The molecule has 0 unspecified atom stereocenters. The molecule has 162 valence electrons. The van der Waals surface area contributed by atoms with E-state index in [1.54, 1.807) is 23.1 Å². The van der Waals surface area contributed by atoms with E-state index in [2.05, 4.69) is 0 Å². The third-order valence-electron chi connectivity index (χ3n) is 4.90. The van der Waals surface area contributed by atoms with Crippen LogP contribution in [-0.2, 0) is 4.79 Å². The van der Waals surface area contributed by atoms with Crippen LogP contribution in [0.25, 0.3) is 6.08 Å². The van der Waals surface area contributed by atoms with Crippen LogP contribution >= 0.6 is 11.6 Å². The first-order valence-electron chi connectivity index (χ1n) is 9.28. The fourth-order valence-corrected chi connectivity index (χ4v) is 3.44. The lowest BCUT2D eigenvalue weighted by atomic mass is 10.1. The number of halogens is 1. The number of hydrogen-bond donors (Lipinski definition) is 0. The number of piperazine rings is 1. The Kier molecular flexibility index (Phi) is 6.71. The topological polar surface area (TPSA) is 119 Å². The van der Waals surface area contributed by atoms with E-state index in [1.807, 2.05) is 4.90 Å². The molecule has 0 bridgehead atoms. The largest absolute Gasteiger partial charge is 0.496 e. The van der Waals surface area contributed by atoms with Gasteiger partial charge in [-0.1, -0.05) is 17.7 Å². The highest BCUT2D eigenvalue weighted by Crippen LogP contribution is 2.32. The van der Waals surface area contributed by atoms with Gasteiger partial charge in [0.2, 0.25) is 5.91 Å². The molecule has 10 nitrogen and oxygen atoms in total. The number of carbonyl (C=O) groups excluding carboxylic acids is 1. The molecular weight excluding hydrogens is 428 g/mol. The third-order valence-corrected chi connectivity index (χ3v) is 5.22. The zero-order chi connectivity index (χ0) is 22.5. The lowest BCUT2D eigenvalue weighted by molar-refractivity contribution is -0.384. The average molecular weight is 447 g/mol. The lowest BCUT2D eigenvalue weighted by Crippen LogP contribution is -2.48. The van der Waals surface area contributed by atoms with Crippen LogP contribution in [0.1, 0.15) is 5.56 Å². The van der Waals surface area contributed by atoms with Gasteiger partial charge in [0.25, 0.3) is 11.4 Å². The number of ether oxygens (including phenoxy) is 1. The molecule has 1 heterocycles. The standard InChI is InChI=1S/C20H19ClN4O6/c1-31-15-4-6-17(19(13-15)25(29)30)22-8-10-23(11-9-22)20(26)7-3-14-2-5-16(21)18(12-14)24(27)28/h2-7,12-13H,8-11H2,1H3/b7-3+. The molecule has 1 amide bonds. The molecule has 11 heteroatoms. The normalized spacial score (nSPS) is 14.0. The maximum Gasteiger partial charge on any atom is 0.296 e. The number of rotatable bonds is 6. The molecule has 1 aliphatic rings. The Morgan fingerprint density at radius 3 is 2.32 bits per heavy atom. The van der Waals surface area contributed by atoms with Crippen molar-refractivity contribution in [1.29, 1.82) is 0 Å². The maximum absolute atomic E-state index is 12.5. The van der Waals surface area contributed by atoms with E-state index in [0.717, 1.165) is 0 Å². The van der Waals surface area contributed by atoms with Crippen molar-refractivity contribution in [3.63, 3.8) is 0 Å². The van der Waals surface area contributed by atoms with Gasteiger partial charge in [-0.15, -0.1) is 0 Å². The van der Waals surface area contributed by atoms with Crippen LogP contribution in [0, 0.1) is 20.2 Å². The summed E-state index contributed by atoms with van der Waals surface area (Å²) in [6, 6.07) is 8.97. The molecule has 0 aromatic heterocycles. The van der Waals surface area contributed by atoms with Gasteiger partial charge in [0.05, 0.1) is 23.0 Å². The van der Waals surface area contributed by atoms with Crippen LogP contribution in [-0.4, -0.2) is 53.9 Å². The Balaban J connectivity index is 1.65. The predicted octanol–water partition coefficient (Wildman–Crippen LogP) is 3.53. The van der Waals surface area contributed by atoms with Crippen molar-refractivity contribution in [2.75, 3.05) is 38.2 Å². The molecule has 0 spiro atoms. The van der Waals surface area contributed by atoms with Gasteiger partial charge >= 0.3 is 0 Å². The van der Waals surface area contributed by atoms with Crippen molar-refractivity contribution >= 4 is 40.6 Å². The van der Waals surface area contributed by atoms with Gasteiger partial charge in [-0.2, -0.15) is 0 Å². The van der Waals surface area contributed by atoms with Gasteiger partial charge in [0.15, 0.2) is 0 Å². The number of methoxy groups -OCH3 is 1. The Bertz CT molecular complexity index is 1050. The van der Waals surface area contributed by atoms with E-state index < -0.39 is 9.85 Å². The van der Waals surface area contributed by atoms with Crippen molar-refractivity contribution in [3.05, 3.63) is 73.3 Å². The summed E-state index contributed by atoms with van der Waals surface area (Å²) in [5, 5.41) is 22.4. The number of benzene rings is 2. The zero-order valence-corrected chi connectivity index (χ0v) is 17.3. The quantitative estimate of drug-likeness (QED) is 0.378. The second-order valence-corrected chi connectivity index (χ2v) is 7.13. The first-order chi connectivity index (χ1) is 14.8. The third kappa shape index (κ3) is 5.10. The molecule has 2 aromatic rings. The van der Waals surface area contributed by atoms with Gasteiger partial charge in [0.1, 0.15) is 16.5 Å². The van der Waals surface area contributed by atoms with Crippen LogP contribution in [0.15, 0.2) is 42.5 Å². The first kappa shape index (κ1) is 22.0. The lowest BCUT2D eigenvalue weighted by Gasteiger charge is -2.35. The number of nitro groups is 2. The van der Waals surface area contributed by atoms with Crippen molar-refractivity contribution in [3.8, 4) is 5.75 Å². The van der Waals surface area contributed by atoms with Crippen LogP contribution in [0.3, 0.4) is 0 Å². The first-order valence-corrected chi connectivity index (χ1v) is 9.66. The van der Waals surface area contributed by atoms with Gasteiger partial charge in [-0.05, 0) is 29.8 Å². The number of amides is 1. The summed E-state index contributed by atoms with van der Waals surface area (Å²) in [5.74, 6) is 0.151. The molecular formula is C20H19ClN4O6. The molecule has 1 fully saturated rings. The summed E-state index contributed by atoms with van der Waals surface area (Å²) in [6.45, 7) is 1.62. The molecule has 0 saturated carbocycles. The van der Waals surface area contributed by atoms with E-state index in [9.17, 15) is 25.0 Å². The molecule has 0 radical (unpaired) electrons. The van der Waals surface area contributed by atoms with Gasteiger partial charge < -0.3 is 14.5 Å². The second kappa shape index (κ2) is 9.43. The highest BCUT2D eigenvalue weighted by atomic mass is 35.5. The maximum atomic E-state index is 12.5. The van der Waals surface area contributed by atoms with E-state index in [4.69, 9.17) is 16.3 Å². The minimum atomic E-state index is -0.584. The molecule has 3 rings (SSSR count). The number of anilines is 1. The van der Waals surface area contributed by atoms with Crippen molar-refractivity contribution in [1.82, 2.24) is 4.90 Å². The smallest absolute Gasteiger partial charge is 0.296 e. The molecule has 1 saturated heterocycles. The van der Waals surface area contributed by atoms with E-state index >= 15 is 0 Å². The number of carbonyl (C=O) groups is 1. The van der Waals surface area contributed by atoms with Gasteiger partial charge in [-0.3, -0.25) is 25.0 Å². The Morgan fingerprint density at radius 1 is 1.03 bits per heavy atom. The average Bonchev–Trinajstić information content (AvgIpc) is 2.77.